The number of phenolic OH excluding ortho intramolecular Hbond substituents is 1. The molecule has 1 heterocycles. The van der Waals surface area contributed by atoms with E-state index in [4.69, 9.17) is 0 Å². The fourth-order valence-electron chi connectivity index (χ4n) is 2.56. The van der Waals surface area contributed by atoms with E-state index in [1.165, 1.54) is 30.3 Å². The number of aromatic hydroxyl groups is 1. The second-order valence-electron chi connectivity index (χ2n) is 5.66. The number of phenols is 1. The number of hydrogen-bond donors (Lipinski definition) is 1. The van der Waals surface area contributed by atoms with Gasteiger partial charge in [0.25, 0.3) is 16.8 Å². The summed E-state index contributed by atoms with van der Waals surface area (Å²) in [4.78, 5) is 46.3. The highest BCUT2D eigenvalue weighted by molar-refractivity contribution is 8.18. The summed E-state index contributed by atoms with van der Waals surface area (Å²) < 4.78 is 0. The number of amides is 2. The zero-order chi connectivity index (χ0) is 20.4. The van der Waals surface area contributed by atoms with Gasteiger partial charge in [-0.05, 0) is 29.5 Å². The number of nitro benzene ring substituents is 2. The summed E-state index contributed by atoms with van der Waals surface area (Å²) in [6.45, 7) is -0.269. The van der Waals surface area contributed by atoms with Crippen molar-refractivity contribution < 1.29 is 24.5 Å². The van der Waals surface area contributed by atoms with E-state index in [2.05, 4.69) is 0 Å². The molecule has 0 aromatic heterocycles. The van der Waals surface area contributed by atoms with Gasteiger partial charge >= 0.3 is 5.69 Å². The molecule has 0 unspecified atom stereocenters. The van der Waals surface area contributed by atoms with Crippen LogP contribution in [0.1, 0.15) is 11.1 Å². The average Bonchev–Trinajstić information content (AvgIpc) is 2.90. The van der Waals surface area contributed by atoms with Crippen molar-refractivity contribution in [1.82, 2.24) is 4.90 Å². The number of carbonyl (C=O) groups excluding carboxylic acids is 2. The molecule has 1 aliphatic rings. The van der Waals surface area contributed by atoms with Crippen LogP contribution >= 0.6 is 11.8 Å². The summed E-state index contributed by atoms with van der Waals surface area (Å²) in [6.07, 6.45) is 1.29. The average molecular weight is 401 g/mol. The molecule has 3 rings (SSSR count). The Hall–Kier alpha value is -3.73. The molecular weight excluding hydrogens is 390 g/mol. The molecule has 2 amide bonds. The minimum Gasteiger partial charge on any atom is -0.502 e. The summed E-state index contributed by atoms with van der Waals surface area (Å²) in [7, 11) is 0. The SMILES string of the molecule is O=C1S/C(=C/c2ccc(O)c([N+](=O)[O-])c2)C(=O)N1Cc1ccccc1[N+](=O)[O-]. The van der Waals surface area contributed by atoms with E-state index in [9.17, 15) is 34.9 Å². The normalized spacial score (nSPS) is 15.3. The van der Waals surface area contributed by atoms with Crippen molar-refractivity contribution in [3.8, 4) is 5.75 Å². The molecule has 1 N–H and O–H groups in total. The van der Waals surface area contributed by atoms with Crippen LogP contribution in [0.2, 0.25) is 0 Å². The fraction of sp³-hybridized carbons (Fsp3) is 0.0588. The zero-order valence-electron chi connectivity index (χ0n) is 14.0. The van der Waals surface area contributed by atoms with Gasteiger partial charge in [-0.2, -0.15) is 0 Å². The third-order valence-electron chi connectivity index (χ3n) is 3.88. The fourth-order valence-corrected chi connectivity index (χ4v) is 3.40. The molecule has 10 nitrogen and oxygen atoms in total. The largest absolute Gasteiger partial charge is 0.502 e. The van der Waals surface area contributed by atoms with Gasteiger partial charge < -0.3 is 5.11 Å². The third kappa shape index (κ3) is 3.69. The van der Waals surface area contributed by atoms with Crippen LogP contribution in [0.4, 0.5) is 16.2 Å². The monoisotopic (exact) mass is 401 g/mol. The van der Waals surface area contributed by atoms with Crippen LogP contribution in [0.5, 0.6) is 5.75 Å². The molecular formula is C17H11N3O7S. The molecule has 1 aliphatic heterocycles. The van der Waals surface area contributed by atoms with Crippen molar-refractivity contribution in [2.45, 2.75) is 6.54 Å². The molecule has 142 valence electrons. The Labute approximate surface area is 161 Å². The Morgan fingerprint density at radius 3 is 2.39 bits per heavy atom. The molecule has 0 aliphatic carbocycles. The Morgan fingerprint density at radius 2 is 1.71 bits per heavy atom. The maximum absolute atomic E-state index is 12.6. The molecule has 2 aromatic carbocycles. The molecule has 11 heteroatoms. The van der Waals surface area contributed by atoms with Crippen LogP contribution in [-0.2, 0) is 11.3 Å². The number of carbonyl (C=O) groups is 2. The van der Waals surface area contributed by atoms with E-state index >= 15 is 0 Å². The van der Waals surface area contributed by atoms with Gasteiger partial charge in [0, 0.05) is 17.7 Å². The standard InChI is InChI=1S/C17H11N3O7S/c21-14-6-5-10(7-13(14)20(26)27)8-15-16(22)18(17(23)28-15)9-11-3-1-2-4-12(11)19(24)25/h1-8,21H,9H2/b15-8+. The minimum atomic E-state index is -0.771. The number of para-hydroxylation sites is 1. The summed E-state index contributed by atoms with van der Waals surface area (Å²) >= 11 is 0.625. The van der Waals surface area contributed by atoms with E-state index in [-0.39, 0.29) is 28.3 Å². The first-order chi connectivity index (χ1) is 13.3. The number of hydrogen-bond acceptors (Lipinski definition) is 8. The number of imide groups is 1. The second kappa shape index (κ2) is 7.48. The molecule has 0 atom stereocenters. The molecule has 0 saturated carbocycles. The van der Waals surface area contributed by atoms with Crippen LogP contribution in [0.3, 0.4) is 0 Å². The van der Waals surface area contributed by atoms with Gasteiger partial charge in [0.1, 0.15) is 0 Å². The summed E-state index contributed by atoms with van der Waals surface area (Å²) in [5.74, 6) is -1.18. The van der Waals surface area contributed by atoms with E-state index < -0.39 is 32.4 Å². The lowest BCUT2D eigenvalue weighted by atomic mass is 10.1. The molecule has 1 fully saturated rings. The summed E-state index contributed by atoms with van der Waals surface area (Å²) in [5, 5.41) is 30.9. The van der Waals surface area contributed by atoms with Crippen LogP contribution in [-0.4, -0.2) is 31.0 Å². The zero-order valence-corrected chi connectivity index (χ0v) is 14.8. The number of nitro groups is 2. The van der Waals surface area contributed by atoms with Crippen LogP contribution in [0, 0.1) is 20.2 Å². The minimum absolute atomic E-state index is 0.0172. The van der Waals surface area contributed by atoms with Crippen molar-refractivity contribution in [2.24, 2.45) is 0 Å². The Morgan fingerprint density at radius 1 is 1.04 bits per heavy atom. The van der Waals surface area contributed by atoms with E-state index in [0.29, 0.717) is 11.8 Å². The first kappa shape index (κ1) is 19.0. The second-order valence-corrected chi connectivity index (χ2v) is 6.65. The van der Waals surface area contributed by atoms with E-state index in [1.54, 1.807) is 6.07 Å². The number of rotatable bonds is 5. The summed E-state index contributed by atoms with van der Waals surface area (Å²) in [5.41, 5.74) is -0.287. The van der Waals surface area contributed by atoms with Crippen molar-refractivity contribution in [3.63, 3.8) is 0 Å². The van der Waals surface area contributed by atoms with Gasteiger partial charge in [0.15, 0.2) is 5.75 Å². The molecule has 28 heavy (non-hydrogen) atoms. The maximum atomic E-state index is 12.6. The molecule has 0 radical (unpaired) electrons. The van der Waals surface area contributed by atoms with Crippen LogP contribution in [0.25, 0.3) is 6.08 Å². The van der Waals surface area contributed by atoms with E-state index in [0.717, 1.165) is 17.0 Å². The van der Waals surface area contributed by atoms with E-state index in [1.807, 2.05) is 0 Å². The lowest BCUT2D eigenvalue weighted by Crippen LogP contribution is -2.27. The Kier molecular flexibility index (Phi) is 5.09. The molecule has 1 saturated heterocycles. The summed E-state index contributed by atoms with van der Waals surface area (Å²) in [6, 6.07) is 9.32. The van der Waals surface area contributed by atoms with Crippen molar-refractivity contribution >= 4 is 40.4 Å². The van der Waals surface area contributed by atoms with Gasteiger partial charge in [-0.3, -0.25) is 34.7 Å². The highest BCUT2D eigenvalue weighted by atomic mass is 32.2. The topological polar surface area (TPSA) is 144 Å². The number of nitrogens with zero attached hydrogens (tertiary/aromatic N) is 3. The predicted octanol–water partition coefficient (Wildman–Crippen LogP) is 3.45. The molecule has 0 bridgehead atoms. The maximum Gasteiger partial charge on any atom is 0.311 e. The lowest BCUT2D eigenvalue weighted by Gasteiger charge is -2.12. The highest BCUT2D eigenvalue weighted by Gasteiger charge is 2.36. The first-order valence-electron chi connectivity index (χ1n) is 7.73. The van der Waals surface area contributed by atoms with Gasteiger partial charge in [-0.15, -0.1) is 0 Å². The smallest absolute Gasteiger partial charge is 0.311 e. The number of thioether (sulfide) groups is 1. The van der Waals surface area contributed by atoms with Gasteiger partial charge in [-0.1, -0.05) is 24.3 Å². The first-order valence-corrected chi connectivity index (χ1v) is 8.54. The Balaban J connectivity index is 1.88. The van der Waals surface area contributed by atoms with Crippen molar-refractivity contribution in [1.29, 1.82) is 0 Å². The third-order valence-corrected chi connectivity index (χ3v) is 4.79. The number of benzene rings is 2. The quantitative estimate of drug-likeness (QED) is 0.456. The van der Waals surface area contributed by atoms with Crippen molar-refractivity contribution in [2.75, 3.05) is 0 Å². The molecule has 0 spiro atoms. The lowest BCUT2D eigenvalue weighted by molar-refractivity contribution is -0.386. The molecule has 2 aromatic rings. The van der Waals surface area contributed by atoms with Gasteiger partial charge in [0.2, 0.25) is 0 Å². The van der Waals surface area contributed by atoms with Gasteiger partial charge in [0.05, 0.1) is 21.3 Å². The Bertz CT molecular complexity index is 1050. The van der Waals surface area contributed by atoms with Crippen molar-refractivity contribution in [3.05, 3.63) is 78.7 Å². The van der Waals surface area contributed by atoms with Crippen LogP contribution < -0.4 is 0 Å². The van der Waals surface area contributed by atoms with Crippen LogP contribution in [0.15, 0.2) is 47.4 Å². The van der Waals surface area contributed by atoms with Gasteiger partial charge in [-0.25, -0.2) is 0 Å². The highest BCUT2D eigenvalue weighted by Crippen LogP contribution is 2.35. The predicted molar refractivity (Wildman–Crippen MR) is 99.4 cm³/mol.